The fourth-order valence-electron chi connectivity index (χ4n) is 8.10. The number of hydrogen-bond donors (Lipinski definition) is 0. The summed E-state index contributed by atoms with van der Waals surface area (Å²) in [5.74, 6) is 4.28. The van der Waals surface area contributed by atoms with E-state index in [-0.39, 0.29) is 5.41 Å². The second-order valence-electron chi connectivity index (χ2n) is 12.9. The second-order valence-corrected chi connectivity index (χ2v) is 12.9. The van der Waals surface area contributed by atoms with Gasteiger partial charge in [0.1, 0.15) is 0 Å². The molecule has 0 aliphatic heterocycles. The first-order valence-corrected chi connectivity index (χ1v) is 15.5. The van der Waals surface area contributed by atoms with Crippen molar-refractivity contribution in [3.63, 3.8) is 0 Å². The van der Waals surface area contributed by atoms with E-state index in [0.717, 1.165) is 45.6 Å². The van der Waals surface area contributed by atoms with Crippen LogP contribution in [0.4, 0.5) is 0 Å². The average molecular weight is 561 g/mol. The van der Waals surface area contributed by atoms with E-state index in [4.69, 9.17) is 15.0 Å². The zero-order valence-corrected chi connectivity index (χ0v) is 24.9. The van der Waals surface area contributed by atoms with E-state index in [2.05, 4.69) is 44.2 Å². The summed E-state index contributed by atoms with van der Waals surface area (Å²) in [7, 11) is 0. The van der Waals surface area contributed by atoms with Crippen LogP contribution in [0.3, 0.4) is 0 Å². The van der Waals surface area contributed by atoms with E-state index >= 15 is 0 Å². The summed E-state index contributed by atoms with van der Waals surface area (Å²) in [6.45, 7) is 4.88. The third-order valence-corrected chi connectivity index (χ3v) is 9.56. The van der Waals surface area contributed by atoms with Crippen LogP contribution in [0.15, 0.2) is 103 Å². The molecule has 2 aliphatic rings. The smallest absolute Gasteiger partial charge is 0.164 e. The van der Waals surface area contributed by atoms with Gasteiger partial charge in [-0.3, -0.25) is 0 Å². The van der Waals surface area contributed by atoms with E-state index in [0.29, 0.717) is 23.0 Å². The lowest BCUT2D eigenvalue weighted by atomic mass is 9.54. The van der Waals surface area contributed by atoms with Crippen LogP contribution in [-0.4, -0.2) is 15.0 Å². The monoisotopic (exact) mass is 560 g/mol. The van der Waals surface area contributed by atoms with E-state index in [1.165, 1.54) is 37.7 Å². The van der Waals surface area contributed by atoms with Gasteiger partial charge in [-0.15, -0.1) is 0 Å². The Morgan fingerprint density at radius 2 is 1.12 bits per heavy atom. The Bertz CT molecular complexity index is 1780. The summed E-state index contributed by atoms with van der Waals surface area (Å²) in [5, 5.41) is 9.84. The molecule has 0 radical (unpaired) electrons. The normalized spacial score (nSPS) is 23.0. The quantitative estimate of drug-likeness (QED) is 0.215. The van der Waals surface area contributed by atoms with Crippen molar-refractivity contribution < 1.29 is 0 Å². The maximum absolute atomic E-state index is 9.84. The molecule has 5 aromatic rings. The highest BCUT2D eigenvalue weighted by molar-refractivity contribution is 5.84. The fourth-order valence-corrected chi connectivity index (χ4v) is 8.10. The summed E-state index contributed by atoms with van der Waals surface area (Å²) < 4.78 is 0. The first kappa shape index (κ1) is 27.2. The summed E-state index contributed by atoms with van der Waals surface area (Å²) in [6.07, 6.45) is 6.63. The van der Waals surface area contributed by atoms with Crippen molar-refractivity contribution in [1.29, 1.82) is 5.26 Å². The predicted molar refractivity (Wildman–Crippen MR) is 173 cm³/mol. The molecule has 2 bridgehead atoms. The van der Waals surface area contributed by atoms with Gasteiger partial charge in [-0.2, -0.15) is 5.26 Å². The van der Waals surface area contributed by atoms with Gasteiger partial charge in [-0.1, -0.05) is 111 Å². The number of nitriles is 1. The van der Waals surface area contributed by atoms with Gasteiger partial charge in [-0.25, -0.2) is 15.0 Å². The van der Waals surface area contributed by atoms with Gasteiger partial charge >= 0.3 is 0 Å². The Morgan fingerprint density at radius 3 is 1.77 bits per heavy atom. The summed E-state index contributed by atoms with van der Waals surface area (Å²) in [6, 6.07) is 37.3. The highest BCUT2D eigenvalue weighted by Crippen LogP contribution is 2.54. The number of fused-ring (bicyclic) bond motifs is 2. The maximum atomic E-state index is 9.84. The second kappa shape index (κ2) is 11.2. The van der Waals surface area contributed by atoms with Crippen molar-refractivity contribution in [2.45, 2.75) is 51.4 Å². The van der Waals surface area contributed by atoms with Crippen LogP contribution in [-0.2, 0) is 5.41 Å². The van der Waals surface area contributed by atoms with Gasteiger partial charge in [0.05, 0.1) is 11.6 Å². The lowest BCUT2D eigenvalue weighted by Gasteiger charge is -2.50. The number of hydrogen-bond acceptors (Lipinski definition) is 4. The molecule has 4 heteroatoms. The molecule has 1 aromatic heterocycles. The first-order chi connectivity index (χ1) is 21.0. The zero-order valence-electron chi connectivity index (χ0n) is 24.9. The Hall–Kier alpha value is -4.62. The minimum Gasteiger partial charge on any atom is -0.208 e. The molecular weight excluding hydrogens is 524 g/mol. The molecule has 212 valence electrons. The van der Waals surface area contributed by atoms with Crippen LogP contribution in [0.2, 0.25) is 0 Å². The molecule has 2 aliphatic carbocycles. The van der Waals surface area contributed by atoms with E-state index in [1.54, 1.807) is 0 Å². The Kier molecular flexibility index (Phi) is 7.11. The summed E-state index contributed by atoms with van der Waals surface area (Å²) in [4.78, 5) is 15.0. The molecule has 0 saturated heterocycles. The van der Waals surface area contributed by atoms with E-state index in [9.17, 15) is 5.26 Å². The zero-order chi connectivity index (χ0) is 29.4. The van der Waals surface area contributed by atoms with Gasteiger partial charge in [0.15, 0.2) is 17.5 Å². The van der Waals surface area contributed by atoms with Gasteiger partial charge in [0.25, 0.3) is 0 Å². The molecule has 0 spiro atoms. The standard InChI is InChI=1S/C39H36N4/c1-26-20-28-21-27(2)23-39(22-26,24-28)32-18-16-30(17-19-32)37-41-36(29-10-4-3-5-11-29)42-38(43-37)35-15-9-8-14-34(35)33-13-7-6-12-31(33)25-40/h3-19,26-28H,20-24H2,1-2H3/t26-,27+,28?,39?. The Labute approximate surface area is 254 Å². The number of nitrogens with zero attached hydrogens (tertiary/aromatic N) is 4. The molecular formula is C39H36N4. The van der Waals surface area contributed by atoms with Crippen molar-refractivity contribution in [1.82, 2.24) is 15.0 Å². The lowest BCUT2D eigenvalue weighted by Crippen LogP contribution is -2.42. The molecule has 7 rings (SSSR count). The summed E-state index contributed by atoms with van der Waals surface area (Å²) >= 11 is 0. The third kappa shape index (κ3) is 5.25. The molecule has 0 amide bonds. The molecule has 43 heavy (non-hydrogen) atoms. The topological polar surface area (TPSA) is 62.5 Å². The highest BCUT2D eigenvalue weighted by atomic mass is 15.0. The van der Waals surface area contributed by atoms with Gasteiger partial charge in [0, 0.05) is 22.3 Å². The molecule has 4 aromatic carbocycles. The number of aromatic nitrogens is 3. The van der Waals surface area contributed by atoms with Gasteiger partial charge in [-0.05, 0) is 72.5 Å². The van der Waals surface area contributed by atoms with Crippen molar-refractivity contribution in [3.8, 4) is 51.4 Å². The molecule has 0 N–H and O–H groups in total. The molecule has 4 atom stereocenters. The van der Waals surface area contributed by atoms with Crippen LogP contribution in [0, 0.1) is 29.1 Å². The highest BCUT2D eigenvalue weighted by Gasteiger charge is 2.45. The first-order valence-electron chi connectivity index (χ1n) is 15.5. The van der Waals surface area contributed by atoms with Crippen molar-refractivity contribution in [2.75, 3.05) is 0 Å². The fraction of sp³-hybridized carbons (Fsp3) is 0.282. The number of benzene rings is 4. The van der Waals surface area contributed by atoms with Crippen molar-refractivity contribution >= 4 is 0 Å². The van der Waals surface area contributed by atoms with Crippen LogP contribution in [0.5, 0.6) is 0 Å². The molecule has 1 heterocycles. The molecule has 2 fully saturated rings. The van der Waals surface area contributed by atoms with Gasteiger partial charge in [0.2, 0.25) is 0 Å². The van der Waals surface area contributed by atoms with E-state index < -0.39 is 0 Å². The predicted octanol–water partition coefficient (Wildman–Crippen LogP) is 9.52. The minimum absolute atomic E-state index is 0.283. The average Bonchev–Trinajstić information content (AvgIpc) is 3.04. The SMILES string of the molecule is C[C@@H]1CC2C[C@H](C)CC(c3ccc(-c4nc(-c5ccccc5)nc(-c5ccccc5-c5ccccc5C#N)n4)cc3)(C2)C1. The minimum atomic E-state index is 0.283. The van der Waals surface area contributed by atoms with Gasteiger partial charge < -0.3 is 0 Å². The number of rotatable bonds is 5. The van der Waals surface area contributed by atoms with Crippen molar-refractivity contribution in [3.05, 3.63) is 114 Å². The summed E-state index contributed by atoms with van der Waals surface area (Å²) in [5.41, 5.74) is 6.97. The Morgan fingerprint density at radius 1 is 0.581 bits per heavy atom. The van der Waals surface area contributed by atoms with Crippen molar-refractivity contribution in [2.24, 2.45) is 17.8 Å². The maximum Gasteiger partial charge on any atom is 0.164 e. The lowest BCUT2D eigenvalue weighted by molar-refractivity contribution is 0.0780. The molecule has 2 unspecified atom stereocenters. The van der Waals surface area contributed by atoms with Crippen LogP contribution < -0.4 is 0 Å². The van der Waals surface area contributed by atoms with Crippen LogP contribution in [0.1, 0.15) is 57.1 Å². The van der Waals surface area contributed by atoms with E-state index in [1.807, 2.05) is 78.9 Å². The molecule has 2 saturated carbocycles. The van der Waals surface area contributed by atoms with Crippen LogP contribution >= 0.6 is 0 Å². The third-order valence-electron chi connectivity index (χ3n) is 9.56. The Balaban J connectivity index is 1.34. The molecule has 4 nitrogen and oxygen atoms in total. The largest absolute Gasteiger partial charge is 0.208 e. The van der Waals surface area contributed by atoms with Crippen LogP contribution in [0.25, 0.3) is 45.3 Å².